The van der Waals surface area contributed by atoms with Crippen molar-refractivity contribution in [3.05, 3.63) is 29.8 Å². The topological polar surface area (TPSA) is 82.8 Å². The molecule has 1 aliphatic carbocycles. The Balaban J connectivity index is 1.62. The van der Waals surface area contributed by atoms with Crippen molar-refractivity contribution in [3.8, 4) is 0 Å². The van der Waals surface area contributed by atoms with E-state index < -0.39 is 0 Å². The predicted octanol–water partition coefficient (Wildman–Crippen LogP) is 3.78. The van der Waals surface area contributed by atoms with Gasteiger partial charge in [0.05, 0.1) is 0 Å². The second-order valence-corrected chi connectivity index (χ2v) is 8.93. The van der Waals surface area contributed by atoms with Gasteiger partial charge < -0.3 is 21.3 Å². The zero-order valence-corrected chi connectivity index (χ0v) is 18.7. The average Bonchev–Trinajstić information content (AvgIpc) is 2.74. The molecular formula is C24H39N5O. The molecule has 166 valence electrons. The van der Waals surface area contributed by atoms with Crippen molar-refractivity contribution in [1.82, 2.24) is 10.2 Å². The second kappa shape index (κ2) is 11.5. The highest BCUT2D eigenvalue weighted by Gasteiger charge is 2.23. The number of nitrogens with one attached hydrogen (secondary N) is 2. The van der Waals surface area contributed by atoms with Crippen molar-refractivity contribution in [1.29, 1.82) is 0 Å². The lowest BCUT2D eigenvalue weighted by Gasteiger charge is -2.33. The summed E-state index contributed by atoms with van der Waals surface area (Å²) < 4.78 is 0. The van der Waals surface area contributed by atoms with Gasteiger partial charge in [-0.15, -0.1) is 0 Å². The van der Waals surface area contributed by atoms with E-state index in [0.29, 0.717) is 11.6 Å². The molecule has 6 nitrogen and oxygen atoms in total. The normalized spacial score (nSPS) is 25.7. The van der Waals surface area contributed by atoms with Crippen LogP contribution in [0.3, 0.4) is 0 Å². The molecule has 2 fully saturated rings. The van der Waals surface area contributed by atoms with Crippen LogP contribution >= 0.6 is 0 Å². The number of carbonyl (C=O) groups is 1. The number of ketones is 1. The first-order chi connectivity index (χ1) is 14.5. The van der Waals surface area contributed by atoms with Crippen LogP contribution in [0.15, 0.2) is 29.3 Å². The van der Waals surface area contributed by atoms with Crippen molar-refractivity contribution in [2.45, 2.75) is 83.3 Å². The fourth-order valence-electron chi connectivity index (χ4n) is 4.54. The van der Waals surface area contributed by atoms with E-state index in [1.807, 2.05) is 24.3 Å². The summed E-state index contributed by atoms with van der Waals surface area (Å²) in [5, 5.41) is 6.97. The van der Waals surface area contributed by atoms with Crippen LogP contribution in [0.5, 0.6) is 0 Å². The first-order valence-electron chi connectivity index (χ1n) is 11.7. The Bertz CT molecular complexity index is 719. The molecule has 0 amide bonds. The average molecular weight is 414 g/mol. The maximum atomic E-state index is 11.7. The molecule has 0 radical (unpaired) electrons. The molecule has 1 unspecified atom stereocenters. The molecule has 1 saturated heterocycles. The number of hydrogen-bond donors (Lipinski definition) is 3. The summed E-state index contributed by atoms with van der Waals surface area (Å²) in [5.74, 6) is 0.833. The zero-order valence-electron chi connectivity index (χ0n) is 18.7. The van der Waals surface area contributed by atoms with Gasteiger partial charge >= 0.3 is 0 Å². The predicted molar refractivity (Wildman–Crippen MR) is 125 cm³/mol. The molecule has 30 heavy (non-hydrogen) atoms. The van der Waals surface area contributed by atoms with E-state index in [2.05, 4.69) is 22.5 Å². The number of rotatable bonds is 7. The van der Waals surface area contributed by atoms with Crippen LogP contribution in [0.1, 0.15) is 75.6 Å². The third-order valence-electron chi connectivity index (χ3n) is 6.49. The van der Waals surface area contributed by atoms with Crippen LogP contribution in [0, 0.1) is 0 Å². The Morgan fingerprint density at radius 1 is 1.20 bits per heavy atom. The minimum Gasteiger partial charge on any atom is -0.352 e. The lowest BCUT2D eigenvalue weighted by atomic mass is 9.91. The Kier molecular flexibility index (Phi) is 8.70. The first-order valence-corrected chi connectivity index (χ1v) is 11.7. The molecule has 6 heteroatoms. The largest absolute Gasteiger partial charge is 0.352 e. The van der Waals surface area contributed by atoms with Crippen molar-refractivity contribution in [2.75, 3.05) is 25.0 Å². The number of nitrogens with zero attached hydrogens (tertiary/aromatic N) is 2. The number of anilines is 1. The molecule has 3 rings (SSSR count). The van der Waals surface area contributed by atoms with Gasteiger partial charge in [0.2, 0.25) is 0 Å². The summed E-state index contributed by atoms with van der Waals surface area (Å²) in [6.45, 7) is 7.01. The number of carbonyl (C=O) groups excluding carboxylic acids is 1. The van der Waals surface area contributed by atoms with E-state index in [0.717, 1.165) is 44.0 Å². The van der Waals surface area contributed by atoms with Gasteiger partial charge in [0.15, 0.2) is 11.7 Å². The van der Waals surface area contributed by atoms with Gasteiger partial charge in [0.1, 0.15) is 0 Å². The molecule has 1 heterocycles. The summed E-state index contributed by atoms with van der Waals surface area (Å²) >= 11 is 0. The highest BCUT2D eigenvalue weighted by Crippen LogP contribution is 2.18. The molecule has 1 saturated carbocycles. The monoisotopic (exact) mass is 413 g/mol. The summed E-state index contributed by atoms with van der Waals surface area (Å²) in [7, 11) is 0. The smallest absolute Gasteiger partial charge is 0.196 e. The van der Waals surface area contributed by atoms with Gasteiger partial charge in [-0.2, -0.15) is 0 Å². The SMILES string of the molecule is CC(=O)c1cccc(NC(=NCCCN2CCCCC2C)N[C@H]2CCCC[C@@H]2N)c1. The molecular weight excluding hydrogens is 374 g/mol. The highest BCUT2D eigenvalue weighted by atomic mass is 16.1. The van der Waals surface area contributed by atoms with Gasteiger partial charge in [-0.3, -0.25) is 9.79 Å². The van der Waals surface area contributed by atoms with E-state index in [1.54, 1.807) is 6.92 Å². The van der Waals surface area contributed by atoms with Crippen LogP contribution in [0.4, 0.5) is 5.69 Å². The fourth-order valence-corrected chi connectivity index (χ4v) is 4.54. The van der Waals surface area contributed by atoms with Crippen LogP contribution in [-0.4, -0.2) is 54.4 Å². The number of piperidine rings is 1. The van der Waals surface area contributed by atoms with Crippen LogP contribution in [0.2, 0.25) is 0 Å². The molecule has 0 spiro atoms. The number of likely N-dealkylation sites (tertiary alicyclic amines) is 1. The van der Waals surface area contributed by atoms with Crippen molar-refractivity contribution >= 4 is 17.4 Å². The van der Waals surface area contributed by atoms with Gasteiger partial charge in [0.25, 0.3) is 0 Å². The lowest BCUT2D eigenvalue weighted by molar-refractivity contribution is 0.101. The molecule has 1 aliphatic heterocycles. The third-order valence-corrected chi connectivity index (χ3v) is 6.49. The summed E-state index contributed by atoms with van der Waals surface area (Å²) in [5.41, 5.74) is 7.93. The summed E-state index contributed by atoms with van der Waals surface area (Å²) in [4.78, 5) is 19.2. The second-order valence-electron chi connectivity index (χ2n) is 8.93. The van der Waals surface area contributed by atoms with Crippen LogP contribution in [0.25, 0.3) is 0 Å². The molecule has 4 N–H and O–H groups in total. The summed E-state index contributed by atoms with van der Waals surface area (Å²) in [6, 6.07) is 8.69. The maximum absolute atomic E-state index is 11.7. The van der Waals surface area contributed by atoms with Gasteiger partial charge in [-0.25, -0.2) is 0 Å². The van der Waals surface area contributed by atoms with Crippen LogP contribution < -0.4 is 16.4 Å². The van der Waals surface area contributed by atoms with Crippen molar-refractivity contribution in [3.63, 3.8) is 0 Å². The quantitative estimate of drug-likeness (QED) is 0.274. The zero-order chi connectivity index (χ0) is 21.3. The number of hydrogen-bond acceptors (Lipinski definition) is 4. The van der Waals surface area contributed by atoms with Crippen molar-refractivity contribution in [2.24, 2.45) is 10.7 Å². The van der Waals surface area contributed by atoms with E-state index in [1.165, 1.54) is 38.6 Å². The first kappa shape index (κ1) is 22.8. The molecule has 2 aliphatic rings. The minimum atomic E-state index is 0.0649. The van der Waals surface area contributed by atoms with E-state index in [4.69, 9.17) is 10.7 Å². The van der Waals surface area contributed by atoms with E-state index in [-0.39, 0.29) is 17.9 Å². The van der Waals surface area contributed by atoms with E-state index in [9.17, 15) is 4.79 Å². The number of aliphatic imine (C=N–C) groups is 1. The fraction of sp³-hybridized carbons (Fsp3) is 0.667. The molecule has 3 atom stereocenters. The molecule has 0 bridgehead atoms. The molecule has 0 aromatic heterocycles. The Hall–Kier alpha value is -1.92. The van der Waals surface area contributed by atoms with Gasteiger partial charge in [-0.1, -0.05) is 31.4 Å². The lowest BCUT2D eigenvalue weighted by Crippen LogP contribution is -2.51. The van der Waals surface area contributed by atoms with Crippen LogP contribution in [-0.2, 0) is 0 Å². The molecule has 1 aromatic rings. The van der Waals surface area contributed by atoms with E-state index >= 15 is 0 Å². The number of nitrogens with two attached hydrogens (primary N) is 1. The summed E-state index contributed by atoms with van der Waals surface area (Å²) in [6.07, 6.45) is 9.55. The standard InChI is InChI=1S/C24H39N5O/c1-18-9-5-6-15-29(18)16-8-14-26-24(28-23-13-4-3-12-22(23)25)27-21-11-7-10-20(17-21)19(2)30/h7,10-11,17-18,22-23H,3-6,8-9,12-16,25H2,1-2H3,(H2,26,27,28)/t18?,22-,23-/m0/s1. The van der Waals surface area contributed by atoms with Crippen molar-refractivity contribution < 1.29 is 4.79 Å². The number of Topliss-reactive ketones (excluding diaryl/α,β-unsaturated/α-hetero) is 1. The Morgan fingerprint density at radius 2 is 2.00 bits per heavy atom. The Labute approximate surface area is 181 Å². The van der Waals surface area contributed by atoms with Gasteiger partial charge in [0, 0.05) is 42.5 Å². The molecule has 1 aromatic carbocycles. The number of guanidine groups is 1. The highest BCUT2D eigenvalue weighted by molar-refractivity contribution is 5.98. The third kappa shape index (κ3) is 6.81. The maximum Gasteiger partial charge on any atom is 0.196 e. The minimum absolute atomic E-state index is 0.0649. The van der Waals surface area contributed by atoms with Gasteiger partial charge in [-0.05, 0) is 64.6 Å². The Morgan fingerprint density at radius 3 is 2.77 bits per heavy atom. The number of benzene rings is 1.